The molecule has 0 spiro atoms. The van der Waals surface area contributed by atoms with Crippen LogP contribution in [0.4, 0.5) is 15.4 Å². The highest BCUT2D eigenvalue weighted by Gasteiger charge is 2.50. The van der Waals surface area contributed by atoms with Crippen molar-refractivity contribution in [2.45, 2.75) is 90.0 Å². The molecule has 222 valence electrons. The van der Waals surface area contributed by atoms with E-state index in [4.69, 9.17) is 21.1 Å². The first-order chi connectivity index (χ1) is 19.0. The van der Waals surface area contributed by atoms with E-state index in [2.05, 4.69) is 42.9 Å². The molecule has 12 nitrogen and oxygen atoms in total. The maximum Gasteiger partial charge on any atom is 0.420 e. The number of aliphatic hydroxyl groups excluding tert-OH is 2. The molecule has 4 rings (SSSR count). The molecule has 0 bridgehead atoms. The van der Waals surface area contributed by atoms with Gasteiger partial charge in [-0.3, -0.25) is 0 Å². The topological polar surface area (TPSA) is 152 Å². The van der Waals surface area contributed by atoms with Gasteiger partial charge in [-0.2, -0.15) is 9.97 Å². The highest BCUT2D eigenvalue weighted by atomic mass is 127. The van der Waals surface area contributed by atoms with Crippen LogP contribution in [0.1, 0.15) is 59.6 Å². The maximum atomic E-state index is 13.2. The number of aromatic nitrogens is 4. The molecule has 1 aliphatic carbocycles. The standard InChI is InChI=1S/C27H34ClIN6O6/c1-26(2,3)40-24(38)35(25(39)41-27(4,5)6)17-11-16(19(36)20(17)37)34-13-31-18-21(32-23(28)33-22(18)34)30-12-14-8-7-9-15(29)10-14/h7-10,13,16-17,19-20,36-37H,11-12H2,1-6H3,(H,30,32,33)/t16-,17+,19+,20-/m1/s1. The molecule has 0 unspecified atom stereocenters. The summed E-state index contributed by atoms with van der Waals surface area (Å²) in [5, 5.41) is 25.4. The summed E-state index contributed by atoms with van der Waals surface area (Å²) in [5.74, 6) is 0.395. The monoisotopic (exact) mass is 700 g/mol. The van der Waals surface area contributed by atoms with Gasteiger partial charge in [-0.05, 0) is 99.9 Å². The average Bonchev–Trinajstić information content (AvgIpc) is 3.36. The molecule has 2 amide bonds. The van der Waals surface area contributed by atoms with Gasteiger partial charge >= 0.3 is 12.2 Å². The third-order valence-electron chi connectivity index (χ3n) is 6.23. The van der Waals surface area contributed by atoms with E-state index in [1.165, 1.54) is 6.33 Å². The zero-order valence-corrected chi connectivity index (χ0v) is 26.5. The highest BCUT2D eigenvalue weighted by molar-refractivity contribution is 14.1. The van der Waals surface area contributed by atoms with Crippen LogP contribution < -0.4 is 5.32 Å². The molecule has 2 aromatic heterocycles. The van der Waals surface area contributed by atoms with Crippen molar-refractivity contribution < 1.29 is 29.3 Å². The van der Waals surface area contributed by atoms with Gasteiger partial charge in [0.15, 0.2) is 17.0 Å². The van der Waals surface area contributed by atoms with Gasteiger partial charge in [-0.1, -0.05) is 12.1 Å². The Morgan fingerprint density at radius 1 is 1.10 bits per heavy atom. The molecule has 41 heavy (non-hydrogen) atoms. The van der Waals surface area contributed by atoms with Gasteiger partial charge in [0.1, 0.15) is 23.4 Å². The number of anilines is 1. The van der Waals surface area contributed by atoms with E-state index in [0.29, 0.717) is 23.5 Å². The van der Waals surface area contributed by atoms with Crippen molar-refractivity contribution in [2.75, 3.05) is 5.32 Å². The second-order valence-corrected chi connectivity index (χ2v) is 13.4. The highest BCUT2D eigenvalue weighted by Crippen LogP contribution is 2.37. The zero-order valence-electron chi connectivity index (χ0n) is 23.6. The second-order valence-electron chi connectivity index (χ2n) is 11.8. The number of nitrogens with zero attached hydrogens (tertiary/aromatic N) is 5. The SMILES string of the molecule is CC(C)(C)OC(=O)N(C(=O)OC(C)(C)C)[C@H]1C[C@@H](n2cnc3c(NCc4cccc(I)c4)nc(Cl)nc32)[C@H](O)[C@@H]1O. The molecule has 3 N–H and O–H groups in total. The van der Waals surface area contributed by atoms with Gasteiger partial charge in [0, 0.05) is 10.1 Å². The predicted molar refractivity (Wildman–Crippen MR) is 161 cm³/mol. The Labute approximate surface area is 256 Å². The molecule has 3 aromatic rings. The van der Waals surface area contributed by atoms with Gasteiger partial charge in [-0.15, -0.1) is 0 Å². The first-order valence-corrected chi connectivity index (χ1v) is 14.5. The number of aliphatic hydroxyl groups is 2. The Hall–Kier alpha value is -2.75. The molecule has 2 heterocycles. The smallest absolute Gasteiger partial charge is 0.420 e. The number of nitrogens with one attached hydrogen (secondary N) is 1. The Bertz CT molecular complexity index is 1410. The summed E-state index contributed by atoms with van der Waals surface area (Å²) in [5.41, 5.74) is -0.0985. The molecule has 1 aliphatic rings. The predicted octanol–water partition coefficient (Wildman–Crippen LogP) is 4.90. The van der Waals surface area contributed by atoms with Crippen molar-refractivity contribution in [1.29, 1.82) is 0 Å². The maximum absolute atomic E-state index is 13.2. The Balaban J connectivity index is 1.65. The number of imide groups is 1. The van der Waals surface area contributed by atoms with Gasteiger partial charge < -0.3 is 29.6 Å². The van der Waals surface area contributed by atoms with Gasteiger partial charge in [0.25, 0.3) is 0 Å². The number of rotatable bonds is 5. The molecule has 0 aliphatic heterocycles. The number of hydrogen-bond donors (Lipinski definition) is 3. The van der Waals surface area contributed by atoms with E-state index < -0.39 is 47.7 Å². The van der Waals surface area contributed by atoms with E-state index in [1.807, 2.05) is 24.3 Å². The molecule has 1 saturated carbocycles. The van der Waals surface area contributed by atoms with Crippen LogP contribution in [0.25, 0.3) is 11.2 Å². The van der Waals surface area contributed by atoms with E-state index >= 15 is 0 Å². The van der Waals surface area contributed by atoms with Crippen LogP contribution >= 0.6 is 34.2 Å². The van der Waals surface area contributed by atoms with Crippen LogP contribution in [0.5, 0.6) is 0 Å². The molecule has 0 radical (unpaired) electrons. The Morgan fingerprint density at radius 2 is 1.73 bits per heavy atom. The third-order valence-corrected chi connectivity index (χ3v) is 7.07. The van der Waals surface area contributed by atoms with Crippen LogP contribution in [-0.2, 0) is 16.0 Å². The van der Waals surface area contributed by atoms with Crippen molar-refractivity contribution >= 4 is 63.4 Å². The minimum absolute atomic E-state index is 0.0287. The zero-order chi connectivity index (χ0) is 30.3. The van der Waals surface area contributed by atoms with Gasteiger partial charge in [0.05, 0.1) is 18.4 Å². The first kappa shape index (κ1) is 31.2. The third kappa shape index (κ3) is 7.37. The van der Waals surface area contributed by atoms with Crippen LogP contribution in [-0.4, -0.2) is 76.3 Å². The quantitative estimate of drug-likeness (QED) is 0.248. The minimum Gasteiger partial charge on any atom is -0.443 e. The number of ether oxygens (including phenoxy) is 2. The second kappa shape index (κ2) is 11.9. The van der Waals surface area contributed by atoms with Crippen molar-refractivity contribution in [3.8, 4) is 0 Å². The van der Waals surface area contributed by atoms with E-state index in [-0.39, 0.29) is 11.7 Å². The summed E-state index contributed by atoms with van der Waals surface area (Å²) in [4.78, 5) is 40.2. The molecular weight excluding hydrogens is 667 g/mol. The number of carbonyl (C=O) groups is 2. The first-order valence-electron chi connectivity index (χ1n) is 13.0. The van der Waals surface area contributed by atoms with E-state index in [0.717, 1.165) is 14.0 Å². The molecule has 14 heteroatoms. The largest absolute Gasteiger partial charge is 0.443 e. The van der Waals surface area contributed by atoms with Gasteiger partial charge in [0.2, 0.25) is 5.28 Å². The van der Waals surface area contributed by atoms with Crippen LogP contribution in [0.3, 0.4) is 0 Å². The fraction of sp³-hybridized carbons (Fsp3) is 0.519. The lowest BCUT2D eigenvalue weighted by Gasteiger charge is -2.33. The number of carbonyl (C=O) groups excluding carboxylic acids is 2. The molecule has 0 saturated heterocycles. The summed E-state index contributed by atoms with van der Waals surface area (Å²) in [6.07, 6.45) is -3.45. The van der Waals surface area contributed by atoms with Crippen molar-refractivity contribution in [3.63, 3.8) is 0 Å². The van der Waals surface area contributed by atoms with Crippen molar-refractivity contribution in [1.82, 2.24) is 24.4 Å². The van der Waals surface area contributed by atoms with Crippen LogP contribution in [0.2, 0.25) is 5.28 Å². The summed E-state index contributed by atoms with van der Waals surface area (Å²) in [6, 6.07) is 5.98. The lowest BCUT2D eigenvalue weighted by atomic mass is 10.1. The molecule has 4 atom stereocenters. The fourth-order valence-electron chi connectivity index (χ4n) is 4.57. The minimum atomic E-state index is -1.51. The fourth-order valence-corrected chi connectivity index (χ4v) is 5.35. The van der Waals surface area contributed by atoms with Crippen molar-refractivity contribution in [3.05, 3.63) is 45.0 Å². The lowest BCUT2D eigenvalue weighted by molar-refractivity contribution is -0.0349. The molecule has 1 aromatic carbocycles. The number of amides is 2. The number of fused-ring (bicyclic) bond motifs is 1. The number of halogens is 2. The van der Waals surface area contributed by atoms with Crippen molar-refractivity contribution in [2.24, 2.45) is 0 Å². The number of benzene rings is 1. The summed E-state index contributed by atoms with van der Waals surface area (Å²) < 4.78 is 13.6. The van der Waals surface area contributed by atoms with E-state index in [9.17, 15) is 19.8 Å². The Kier molecular flexibility index (Phi) is 9.02. The average molecular weight is 701 g/mol. The molecular formula is C27H34ClIN6O6. The van der Waals surface area contributed by atoms with Gasteiger partial charge in [-0.25, -0.2) is 19.5 Å². The lowest BCUT2D eigenvalue weighted by Crippen LogP contribution is -2.52. The van der Waals surface area contributed by atoms with Crippen LogP contribution in [0, 0.1) is 3.57 Å². The number of hydrogen-bond acceptors (Lipinski definition) is 10. The molecule has 1 fully saturated rings. The normalized spacial score (nSPS) is 21.1. The number of imidazole rings is 1. The van der Waals surface area contributed by atoms with E-state index in [1.54, 1.807) is 46.1 Å². The summed E-state index contributed by atoms with van der Waals surface area (Å²) >= 11 is 8.51. The Morgan fingerprint density at radius 3 is 2.32 bits per heavy atom. The summed E-state index contributed by atoms with van der Waals surface area (Å²) in [7, 11) is 0. The van der Waals surface area contributed by atoms with Crippen LogP contribution in [0.15, 0.2) is 30.6 Å². The summed E-state index contributed by atoms with van der Waals surface area (Å²) in [6.45, 7) is 10.4.